The zero-order valence-electron chi connectivity index (χ0n) is 10.5. The SMILES string of the molecule is NC(=O)NCCCOC(=O)CCc1cccc(Cl)c1. The topological polar surface area (TPSA) is 81.4 Å². The lowest BCUT2D eigenvalue weighted by Crippen LogP contribution is -2.30. The molecule has 0 aliphatic carbocycles. The van der Waals surface area contributed by atoms with E-state index in [2.05, 4.69) is 5.32 Å². The van der Waals surface area contributed by atoms with E-state index in [0.717, 1.165) is 5.56 Å². The van der Waals surface area contributed by atoms with Crippen LogP contribution in [0.2, 0.25) is 5.02 Å². The number of benzene rings is 1. The van der Waals surface area contributed by atoms with Crippen molar-refractivity contribution < 1.29 is 14.3 Å². The van der Waals surface area contributed by atoms with E-state index < -0.39 is 6.03 Å². The minimum Gasteiger partial charge on any atom is -0.466 e. The molecule has 1 rings (SSSR count). The predicted octanol–water partition coefficient (Wildman–Crippen LogP) is 1.87. The van der Waals surface area contributed by atoms with Crippen molar-refractivity contribution in [3.8, 4) is 0 Å². The van der Waals surface area contributed by atoms with Crippen LogP contribution in [0, 0.1) is 0 Å². The molecule has 2 amide bonds. The minimum absolute atomic E-state index is 0.265. The molecule has 0 spiro atoms. The number of halogens is 1. The number of urea groups is 1. The van der Waals surface area contributed by atoms with Crippen molar-refractivity contribution in [3.63, 3.8) is 0 Å². The molecule has 0 aromatic heterocycles. The molecule has 0 aliphatic rings. The van der Waals surface area contributed by atoms with E-state index in [4.69, 9.17) is 22.1 Å². The number of amides is 2. The second-order valence-corrected chi connectivity index (χ2v) is 4.43. The highest BCUT2D eigenvalue weighted by atomic mass is 35.5. The number of rotatable bonds is 7. The van der Waals surface area contributed by atoms with E-state index in [1.165, 1.54) is 0 Å². The first-order valence-electron chi connectivity index (χ1n) is 6.01. The van der Waals surface area contributed by atoms with Crippen molar-refractivity contribution in [2.45, 2.75) is 19.3 Å². The molecule has 3 N–H and O–H groups in total. The zero-order chi connectivity index (χ0) is 14.1. The Morgan fingerprint density at radius 1 is 1.37 bits per heavy atom. The summed E-state index contributed by atoms with van der Waals surface area (Å²) < 4.78 is 5.01. The minimum atomic E-state index is -0.577. The first-order chi connectivity index (χ1) is 9.08. The van der Waals surface area contributed by atoms with Crippen LogP contribution in [-0.2, 0) is 16.0 Å². The van der Waals surface area contributed by atoms with Crippen molar-refractivity contribution in [1.29, 1.82) is 0 Å². The fraction of sp³-hybridized carbons (Fsp3) is 0.385. The average Bonchev–Trinajstić information content (AvgIpc) is 2.35. The van der Waals surface area contributed by atoms with E-state index in [1.807, 2.05) is 18.2 Å². The van der Waals surface area contributed by atoms with Gasteiger partial charge in [-0.1, -0.05) is 23.7 Å². The van der Waals surface area contributed by atoms with Gasteiger partial charge in [0.05, 0.1) is 6.61 Å². The summed E-state index contributed by atoms with van der Waals surface area (Å²) in [6.07, 6.45) is 1.45. The summed E-state index contributed by atoms with van der Waals surface area (Å²) >= 11 is 5.84. The van der Waals surface area contributed by atoms with Gasteiger partial charge in [0.15, 0.2) is 0 Å². The molecule has 1 aromatic rings. The van der Waals surface area contributed by atoms with Crippen LogP contribution in [-0.4, -0.2) is 25.2 Å². The highest BCUT2D eigenvalue weighted by molar-refractivity contribution is 6.30. The first-order valence-corrected chi connectivity index (χ1v) is 6.39. The number of nitrogens with one attached hydrogen (secondary N) is 1. The van der Waals surface area contributed by atoms with Crippen molar-refractivity contribution in [2.75, 3.05) is 13.2 Å². The van der Waals surface area contributed by atoms with Crippen molar-refractivity contribution in [2.24, 2.45) is 5.73 Å². The maximum Gasteiger partial charge on any atom is 0.312 e. The number of ether oxygens (including phenoxy) is 1. The molecule has 0 heterocycles. The second kappa shape index (κ2) is 8.37. The molecule has 0 atom stereocenters. The lowest BCUT2D eigenvalue weighted by atomic mass is 10.1. The average molecular weight is 285 g/mol. The number of carbonyl (C=O) groups is 2. The van der Waals surface area contributed by atoms with Gasteiger partial charge in [-0.25, -0.2) is 4.79 Å². The monoisotopic (exact) mass is 284 g/mol. The molecule has 1 aromatic carbocycles. The summed E-state index contributed by atoms with van der Waals surface area (Å²) in [5, 5.41) is 3.07. The maximum absolute atomic E-state index is 11.4. The molecule has 0 aliphatic heterocycles. The largest absolute Gasteiger partial charge is 0.466 e. The highest BCUT2D eigenvalue weighted by Crippen LogP contribution is 2.12. The summed E-state index contributed by atoms with van der Waals surface area (Å²) in [6.45, 7) is 0.672. The van der Waals surface area contributed by atoms with E-state index in [1.54, 1.807) is 6.07 Å². The van der Waals surface area contributed by atoms with Gasteiger partial charge in [-0.05, 0) is 30.5 Å². The predicted molar refractivity (Wildman–Crippen MR) is 72.9 cm³/mol. The number of hydrogen-bond acceptors (Lipinski definition) is 3. The van der Waals surface area contributed by atoms with Crippen molar-refractivity contribution in [1.82, 2.24) is 5.32 Å². The Labute approximate surface area is 117 Å². The third-order valence-electron chi connectivity index (χ3n) is 2.39. The maximum atomic E-state index is 11.4. The molecule has 0 fully saturated rings. The van der Waals surface area contributed by atoms with Crippen LogP contribution in [0.4, 0.5) is 4.79 Å². The molecule has 6 heteroatoms. The van der Waals surface area contributed by atoms with Crippen LogP contribution in [0.1, 0.15) is 18.4 Å². The van der Waals surface area contributed by atoms with Crippen molar-refractivity contribution >= 4 is 23.6 Å². The summed E-state index contributed by atoms with van der Waals surface area (Å²) in [4.78, 5) is 21.8. The van der Waals surface area contributed by atoms with Gasteiger partial charge in [0, 0.05) is 18.0 Å². The number of primary amides is 1. The first kappa shape index (κ1) is 15.3. The number of hydrogen-bond donors (Lipinski definition) is 2. The van der Waals surface area contributed by atoms with Crippen LogP contribution in [0.15, 0.2) is 24.3 Å². The van der Waals surface area contributed by atoms with E-state index >= 15 is 0 Å². The summed E-state index contributed by atoms with van der Waals surface area (Å²) in [6, 6.07) is 6.79. The van der Waals surface area contributed by atoms with Crippen LogP contribution in [0.3, 0.4) is 0 Å². The second-order valence-electron chi connectivity index (χ2n) is 3.99. The number of carbonyl (C=O) groups excluding carboxylic acids is 2. The van der Waals surface area contributed by atoms with Gasteiger partial charge in [0.2, 0.25) is 0 Å². The number of aryl methyl sites for hydroxylation is 1. The van der Waals surface area contributed by atoms with E-state index in [9.17, 15) is 9.59 Å². The van der Waals surface area contributed by atoms with Gasteiger partial charge in [-0.2, -0.15) is 0 Å². The highest BCUT2D eigenvalue weighted by Gasteiger charge is 2.04. The Bertz CT molecular complexity index is 438. The van der Waals surface area contributed by atoms with E-state index in [0.29, 0.717) is 30.8 Å². The van der Waals surface area contributed by atoms with Gasteiger partial charge in [0.1, 0.15) is 0 Å². The van der Waals surface area contributed by atoms with Crippen molar-refractivity contribution in [3.05, 3.63) is 34.9 Å². The molecule has 0 radical (unpaired) electrons. The fourth-order valence-corrected chi connectivity index (χ4v) is 1.69. The third-order valence-corrected chi connectivity index (χ3v) is 2.63. The van der Waals surface area contributed by atoms with E-state index in [-0.39, 0.29) is 12.6 Å². The quantitative estimate of drug-likeness (QED) is 0.592. The molecular formula is C13H17ClN2O3. The summed E-state index contributed by atoms with van der Waals surface area (Å²) in [5.41, 5.74) is 5.89. The van der Waals surface area contributed by atoms with Gasteiger partial charge in [0.25, 0.3) is 0 Å². The normalized spacial score (nSPS) is 9.95. The molecule has 5 nitrogen and oxygen atoms in total. The Hall–Kier alpha value is -1.75. The molecule has 0 saturated heterocycles. The van der Waals surface area contributed by atoms with Crippen LogP contribution < -0.4 is 11.1 Å². The van der Waals surface area contributed by atoms with Crippen LogP contribution >= 0.6 is 11.6 Å². The number of nitrogens with two attached hydrogens (primary N) is 1. The standard InChI is InChI=1S/C13H17ClN2O3/c14-11-4-1-3-10(9-11)5-6-12(17)19-8-2-7-16-13(15)18/h1,3-4,9H,2,5-8H2,(H3,15,16,18). The van der Waals surface area contributed by atoms with Gasteiger partial charge < -0.3 is 15.8 Å². The Balaban J connectivity index is 2.13. The number of esters is 1. The van der Waals surface area contributed by atoms with Gasteiger partial charge in [-0.15, -0.1) is 0 Å². The summed E-state index contributed by atoms with van der Waals surface area (Å²) in [7, 11) is 0. The third kappa shape index (κ3) is 7.31. The molecule has 0 bridgehead atoms. The molecule has 19 heavy (non-hydrogen) atoms. The lowest BCUT2D eigenvalue weighted by molar-refractivity contribution is -0.143. The molecule has 104 valence electrons. The molecular weight excluding hydrogens is 268 g/mol. The molecule has 0 unspecified atom stereocenters. The van der Waals surface area contributed by atoms with Gasteiger partial charge in [-0.3, -0.25) is 4.79 Å². The smallest absolute Gasteiger partial charge is 0.312 e. The Morgan fingerprint density at radius 3 is 2.84 bits per heavy atom. The summed E-state index contributed by atoms with van der Waals surface area (Å²) in [5.74, 6) is -0.265. The molecule has 0 saturated carbocycles. The zero-order valence-corrected chi connectivity index (χ0v) is 11.3. The van der Waals surface area contributed by atoms with Gasteiger partial charge >= 0.3 is 12.0 Å². The van der Waals surface area contributed by atoms with Crippen LogP contribution in [0.25, 0.3) is 0 Å². The fourth-order valence-electron chi connectivity index (χ4n) is 1.48. The van der Waals surface area contributed by atoms with Crippen LogP contribution in [0.5, 0.6) is 0 Å². The lowest BCUT2D eigenvalue weighted by Gasteiger charge is -2.05. The Morgan fingerprint density at radius 2 is 2.16 bits per heavy atom. The Kier molecular flexibility index (Phi) is 6.74.